The van der Waals surface area contributed by atoms with Gasteiger partial charge in [0, 0.05) is 12.4 Å². The molecule has 0 fully saturated rings. The number of nitrogens with one attached hydrogen (secondary N) is 1. The highest BCUT2D eigenvalue weighted by molar-refractivity contribution is 4.94. The van der Waals surface area contributed by atoms with E-state index in [1.807, 2.05) is 24.2 Å². The second kappa shape index (κ2) is 14.6. The second-order valence-corrected chi connectivity index (χ2v) is 7.46. The molecule has 3 heteroatoms. The van der Waals surface area contributed by atoms with Crippen LogP contribution in [0.15, 0.2) is 12.4 Å². The van der Waals surface area contributed by atoms with E-state index < -0.39 is 6.23 Å². The minimum Gasteiger partial charge on any atom is -0.374 e. The average Bonchev–Trinajstić information content (AvgIpc) is 3.04. The number of nitrogens with zero attached hydrogens (tertiary/aromatic N) is 1. The van der Waals surface area contributed by atoms with Gasteiger partial charge >= 0.3 is 0 Å². The first-order valence-electron chi connectivity index (χ1n) is 10.6. The molecule has 0 aromatic carbocycles. The molecular formula is C21H42N2O. The van der Waals surface area contributed by atoms with Crippen LogP contribution in [-0.2, 0) is 0 Å². The van der Waals surface area contributed by atoms with Crippen molar-refractivity contribution in [1.82, 2.24) is 10.2 Å². The van der Waals surface area contributed by atoms with Crippen LogP contribution >= 0.6 is 0 Å². The monoisotopic (exact) mass is 338 g/mol. The van der Waals surface area contributed by atoms with Crippen LogP contribution in [-0.4, -0.2) is 22.4 Å². The zero-order valence-corrected chi connectivity index (χ0v) is 16.3. The summed E-state index contributed by atoms with van der Waals surface area (Å²) in [5.41, 5.74) is 0. The van der Waals surface area contributed by atoms with Crippen LogP contribution in [0.25, 0.3) is 0 Å². The molecule has 1 aliphatic heterocycles. The van der Waals surface area contributed by atoms with E-state index in [9.17, 15) is 5.11 Å². The van der Waals surface area contributed by atoms with Crippen molar-refractivity contribution in [3.8, 4) is 0 Å². The zero-order chi connectivity index (χ0) is 17.5. The van der Waals surface area contributed by atoms with Gasteiger partial charge in [0.15, 0.2) is 0 Å². The Balaban J connectivity index is 1.78. The number of aliphatic hydroxyl groups excluding tert-OH is 1. The first-order valence-corrected chi connectivity index (χ1v) is 10.6. The Morgan fingerprint density at radius 3 is 1.75 bits per heavy atom. The highest BCUT2D eigenvalue weighted by atomic mass is 16.3. The Bertz CT molecular complexity index is 304. The van der Waals surface area contributed by atoms with Gasteiger partial charge in [0.05, 0.1) is 0 Å². The highest BCUT2D eigenvalue weighted by Gasteiger charge is 2.20. The van der Waals surface area contributed by atoms with Crippen molar-refractivity contribution in [1.29, 1.82) is 0 Å². The highest BCUT2D eigenvalue weighted by Crippen LogP contribution is 2.17. The van der Waals surface area contributed by atoms with E-state index in [1.54, 1.807) is 0 Å². The Labute approximate surface area is 150 Å². The SMILES string of the molecule is CCCCCCCCCCCCCCCCC1NC=CN1C(C)O. The summed E-state index contributed by atoms with van der Waals surface area (Å²) < 4.78 is 0. The summed E-state index contributed by atoms with van der Waals surface area (Å²) in [6, 6.07) is 0. The molecule has 0 saturated carbocycles. The number of rotatable bonds is 16. The maximum Gasteiger partial charge on any atom is 0.125 e. The molecule has 0 aliphatic carbocycles. The molecule has 0 bridgehead atoms. The number of unbranched alkanes of at least 4 members (excludes halogenated alkanes) is 13. The first kappa shape index (κ1) is 21.3. The lowest BCUT2D eigenvalue weighted by Crippen LogP contribution is -2.40. The molecule has 0 radical (unpaired) electrons. The third kappa shape index (κ3) is 10.2. The fraction of sp³-hybridized carbons (Fsp3) is 0.905. The van der Waals surface area contributed by atoms with Gasteiger partial charge in [0.2, 0.25) is 0 Å². The van der Waals surface area contributed by atoms with Crippen molar-refractivity contribution >= 4 is 0 Å². The largest absolute Gasteiger partial charge is 0.374 e. The lowest BCUT2D eigenvalue weighted by Gasteiger charge is -2.28. The van der Waals surface area contributed by atoms with Crippen LogP contribution in [0.4, 0.5) is 0 Å². The van der Waals surface area contributed by atoms with Crippen LogP contribution in [0, 0.1) is 0 Å². The fourth-order valence-corrected chi connectivity index (χ4v) is 3.58. The Hall–Kier alpha value is -0.700. The number of hydrogen-bond donors (Lipinski definition) is 2. The summed E-state index contributed by atoms with van der Waals surface area (Å²) in [5.74, 6) is 0. The summed E-state index contributed by atoms with van der Waals surface area (Å²) in [6.07, 6.45) is 24.6. The molecule has 0 aromatic rings. The predicted octanol–water partition coefficient (Wildman–Crippen LogP) is 5.90. The molecule has 1 aliphatic rings. The third-order valence-electron chi connectivity index (χ3n) is 5.16. The van der Waals surface area contributed by atoms with Gasteiger partial charge in [-0.1, -0.05) is 90.4 Å². The smallest absolute Gasteiger partial charge is 0.125 e. The second-order valence-electron chi connectivity index (χ2n) is 7.46. The van der Waals surface area contributed by atoms with Crippen molar-refractivity contribution in [3.63, 3.8) is 0 Å². The zero-order valence-electron chi connectivity index (χ0n) is 16.3. The summed E-state index contributed by atoms with van der Waals surface area (Å²) in [6.45, 7) is 4.11. The summed E-state index contributed by atoms with van der Waals surface area (Å²) in [5, 5.41) is 13.0. The molecule has 0 spiro atoms. The molecule has 1 heterocycles. The van der Waals surface area contributed by atoms with Gasteiger partial charge < -0.3 is 15.3 Å². The van der Waals surface area contributed by atoms with E-state index in [4.69, 9.17) is 0 Å². The van der Waals surface area contributed by atoms with Crippen molar-refractivity contribution in [2.75, 3.05) is 0 Å². The standard InChI is InChI=1S/C21H42N2O/c1-3-4-5-6-7-8-9-10-11-12-13-14-15-16-17-21-22-18-19-23(21)20(2)24/h18-22,24H,3-17H2,1-2H3. The summed E-state index contributed by atoms with van der Waals surface area (Å²) in [4.78, 5) is 2.00. The van der Waals surface area contributed by atoms with Gasteiger partial charge in [0.1, 0.15) is 12.4 Å². The van der Waals surface area contributed by atoms with Gasteiger partial charge in [0.25, 0.3) is 0 Å². The van der Waals surface area contributed by atoms with Crippen molar-refractivity contribution in [2.45, 2.75) is 123 Å². The molecule has 3 nitrogen and oxygen atoms in total. The van der Waals surface area contributed by atoms with Crippen LogP contribution < -0.4 is 5.32 Å². The van der Waals surface area contributed by atoms with E-state index in [-0.39, 0.29) is 0 Å². The van der Waals surface area contributed by atoms with E-state index in [0.717, 1.165) is 6.42 Å². The lowest BCUT2D eigenvalue weighted by atomic mass is 10.0. The molecule has 142 valence electrons. The summed E-state index contributed by atoms with van der Waals surface area (Å²) >= 11 is 0. The van der Waals surface area contributed by atoms with Crippen LogP contribution in [0.2, 0.25) is 0 Å². The predicted molar refractivity (Wildman–Crippen MR) is 105 cm³/mol. The quantitative estimate of drug-likeness (QED) is 0.344. The molecule has 2 N–H and O–H groups in total. The molecule has 0 aromatic heterocycles. The van der Waals surface area contributed by atoms with Crippen molar-refractivity contribution in [2.24, 2.45) is 0 Å². The lowest BCUT2D eigenvalue weighted by molar-refractivity contribution is 0.0254. The Morgan fingerprint density at radius 2 is 1.29 bits per heavy atom. The van der Waals surface area contributed by atoms with Gasteiger partial charge in [-0.3, -0.25) is 0 Å². The van der Waals surface area contributed by atoms with Crippen molar-refractivity contribution < 1.29 is 5.11 Å². The van der Waals surface area contributed by atoms with E-state index in [2.05, 4.69) is 12.2 Å². The maximum atomic E-state index is 9.67. The van der Waals surface area contributed by atoms with Gasteiger partial charge in [-0.25, -0.2) is 0 Å². The minimum atomic E-state index is -0.395. The van der Waals surface area contributed by atoms with Crippen molar-refractivity contribution in [3.05, 3.63) is 12.4 Å². The molecule has 0 amide bonds. The fourth-order valence-electron chi connectivity index (χ4n) is 3.58. The molecule has 1 rings (SSSR count). The summed E-state index contributed by atoms with van der Waals surface area (Å²) in [7, 11) is 0. The van der Waals surface area contributed by atoms with Gasteiger partial charge in [-0.15, -0.1) is 0 Å². The molecule has 0 saturated heterocycles. The Kier molecular flexibility index (Phi) is 13.0. The Morgan fingerprint density at radius 1 is 0.833 bits per heavy atom. The van der Waals surface area contributed by atoms with Crippen LogP contribution in [0.1, 0.15) is 110 Å². The topological polar surface area (TPSA) is 35.5 Å². The molecule has 24 heavy (non-hydrogen) atoms. The number of hydrogen-bond acceptors (Lipinski definition) is 3. The number of aliphatic hydroxyl groups is 1. The van der Waals surface area contributed by atoms with Gasteiger partial charge in [-0.2, -0.15) is 0 Å². The van der Waals surface area contributed by atoms with Crippen LogP contribution in [0.5, 0.6) is 0 Å². The molecule has 2 atom stereocenters. The third-order valence-corrected chi connectivity index (χ3v) is 5.16. The van der Waals surface area contributed by atoms with E-state index >= 15 is 0 Å². The normalized spacial score (nSPS) is 18.1. The average molecular weight is 339 g/mol. The maximum absolute atomic E-state index is 9.67. The van der Waals surface area contributed by atoms with Gasteiger partial charge in [-0.05, 0) is 19.8 Å². The molecular weight excluding hydrogens is 296 g/mol. The van der Waals surface area contributed by atoms with Crippen LogP contribution in [0.3, 0.4) is 0 Å². The minimum absolute atomic E-state index is 0.294. The van der Waals surface area contributed by atoms with E-state index in [1.165, 1.54) is 89.9 Å². The molecule has 2 unspecified atom stereocenters. The van der Waals surface area contributed by atoms with E-state index in [0.29, 0.717) is 6.17 Å². The first-order chi connectivity index (χ1) is 11.8.